The number of sulfone groups is 2. The van der Waals surface area contributed by atoms with Gasteiger partial charge in [-0.05, 0) is 48.2 Å². The Balaban J connectivity index is 1.91. The average Bonchev–Trinajstić information content (AvgIpc) is 2.72. The minimum Gasteiger partial charge on any atom is -0.497 e. The summed E-state index contributed by atoms with van der Waals surface area (Å²) in [7, 11) is -7.02. The third kappa shape index (κ3) is 5.52. The van der Waals surface area contributed by atoms with Crippen LogP contribution in [-0.4, -0.2) is 35.6 Å². The number of hydrogen-bond acceptors (Lipinski definition) is 8. The molecule has 0 aliphatic carbocycles. The largest absolute Gasteiger partial charge is 0.497 e. The van der Waals surface area contributed by atoms with Crippen LogP contribution in [-0.2, 0) is 19.7 Å². The van der Waals surface area contributed by atoms with Gasteiger partial charge < -0.3 is 9.47 Å². The first-order valence-electron chi connectivity index (χ1n) is 9.12. The molecule has 0 amide bonds. The molecule has 164 valence electrons. The smallest absolute Gasteiger partial charge is 0.251 e. The monoisotopic (exact) mass is 480 g/mol. The van der Waals surface area contributed by atoms with Gasteiger partial charge in [0.2, 0.25) is 0 Å². The molecule has 0 bridgehead atoms. The van der Waals surface area contributed by atoms with E-state index in [0.717, 1.165) is 16.7 Å². The van der Waals surface area contributed by atoms with Crippen LogP contribution >= 0.6 is 11.3 Å². The predicted octanol–water partition coefficient (Wildman–Crippen LogP) is 3.49. The molecule has 0 fully saturated rings. The molecule has 0 radical (unpaired) electrons. The molecule has 10 heteroatoms. The van der Waals surface area contributed by atoms with Crippen molar-refractivity contribution in [1.82, 2.24) is 0 Å². The van der Waals surface area contributed by atoms with Gasteiger partial charge in [-0.15, -0.1) is 0 Å². The highest BCUT2D eigenvalue weighted by Gasteiger charge is 2.26. The van der Waals surface area contributed by atoms with E-state index >= 15 is 0 Å². The number of ether oxygens (including phenoxy) is 2. The van der Waals surface area contributed by atoms with E-state index in [0.29, 0.717) is 33.8 Å². The van der Waals surface area contributed by atoms with Gasteiger partial charge in [0.05, 0.1) is 18.4 Å². The molecule has 3 aromatic rings. The maximum atomic E-state index is 12.8. The number of hydrogen-bond donors (Lipinski definition) is 0. The molecule has 1 heterocycles. The highest BCUT2D eigenvalue weighted by molar-refractivity contribution is 8.09. The third-order valence-electron chi connectivity index (χ3n) is 4.23. The zero-order chi connectivity index (χ0) is 22.6. The van der Waals surface area contributed by atoms with Crippen molar-refractivity contribution in [1.29, 1.82) is 0 Å². The number of methoxy groups -OCH3 is 1. The lowest BCUT2D eigenvalue weighted by Gasteiger charge is -2.08. The first kappa shape index (κ1) is 23.0. The Labute approximate surface area is 184 Å². The second-order valence-electron chi connectivity index (χ2n) is 6.48. The lowest BCUT2D eigenvalue weighted by atomic mass is 10.2. The van der Waals surface area contributed by atoms with Crippen LogP contribution < -0.4 is 14.2 Å². The summed E-state index contributed by atoms with van der Waals surface area (Å²) < 4.78 is 60.6. The Morgan fingerprint density at radius 3 is 2.39 bits per heavy atom. The molecule has 0 atom stereocenters. The summed E-state index contributed by atoms with van der Waals surface area (Å²) in [5, 5.41) is 0.111. The maximum Gasteiger partial charge on any atom is 0.251 e. The van der Waals surface area contributed by atoms with Crippen molar-refractivity contribution in [2.45, 2.75) is 11.8 Å². The Morgan fingerprint density at radius 2 is 1.74 bits per heavy atom. The van der Waals surface area contributed by atoms with Crippen LogP contribution in [0, 0.1) is 0 Å². The van der Waals surface area contributed by atoms with Crippen LogP contribution in [0.2, 0.25) is 0 Å². The zero-order valence-electron chi connectivity index (χ0n) is 16.8. The predicted molar refractivity (Wildman–Crippen MR) is 122 cm³/mol. The highest BCUT2D eigenvalue weighted by Crippen LogP contribution is 2.29. The first-order valence-corrected chi connectivity index (χ1v) is 13.3. The molecule has 3 rings (SSSR count). The average molecular weight is 481 g/mol. The molecule has 0 spiro atoms. The van der Waals surface area contributed by atoms with E-state index in [2.05, 4.69) is 0 Å². The Morgan fingerprint density at radius 1 is 1.03 bits per heavy atom. The first-order chi connectivity index (χ1) is 14.6. The van der Waals surface area contributed by atoms with Crippen molar-refractivity contribution in [3.8, 4) is 11.5 Å². The summed E-state index contributed by atoms with van der Waals surface area (Å²) in [4.78, 5) is 12.0. The van der Waals surface area contributed by atoms with E-state index < -0.39 is 34.4 Å². The fourth-order valence-electron chi connectivity index (χ4n) is 2.80. The Hall–Kier alpha value is -2.69. The highest BCUT2D eigenvalue weighted by atomic mass is 32.3. The summed E-state index contributed by atoms with van der Waals surface area (Å²) in [5.74, 6) is 1.08. The summed E-state index contributed by atoms with van der Waals surface area (Å²) in [6, 6.07) is 12.8. The van der Waals surface area contributed by atoms with Crippen molar-refractivity contribution in [3.63, 3.8) is 0 Å². The van der Waals surface area contributed by atoms with Crippen LogP contribution in [0.1, 0.15) is 12.5 Å². The number of benzene rings is 2. The Bertz CT molecular complexity index is 1390. The molecular weight excluding hydrogens is 460 g/mol. The summed E-state index contributed by atoms with van der Waals surface area (Å²) >= 11 is 0.717. The van der Waals surface area contributed by atoms with E-state index in [1.807, 2.05) is 0 Å². The summed E-state index contributed by atoms with van der Waals surface area (Å²) in [5.41, 5.74) is 0.558. The topological polar surface area (TPSA) is 104 Å². The number of fused-ring (bicyclic) bond motifs is 1. The second kappa shape index (κ2) is 9.21. The maximum absolute atomic E-state index is 12.8. The molecule has 31 heavy (non-hydrogen) atoms. The van der Waals surface area contributed by atoms with Gasteiger partial charge in [-0.3, -0.25) is 4.79 Å². The van der Waals surface area contributed by atoms with Gasteiger partial charge >= 0.3 is 0 Å². The van der Waals surface area contributed by atoms with Crippen LogP contribution in [0.3, 0.4) is 0 Å². The molecule has 0 saturated carbocycles. The summed E-state index contributed by atoms with van der Waals surface area (Å²) in [6.45, 7) is 2.18. The van der Waals surface area contributed by atoms with Crippen LogP contribution in [0.15, 0.2) is 63.6 Å². The normalized spacial score (nSPS) is 12.3. The molecule has 0 N–H and O–H groups in total. The van der Waals surface area contributed by atoms with Crippen molar-refractivity contribution in [3.05, 3.63) is 69.0 Å². The van der Waals surface area contributed by atoms with Gasteiger partial charge in [-0.2, -0.15) is 0 Å². The lowest BCUT2D eigenvalue weighted by molar-refractivity contribution is 0.345. The quantitative estimate of drug-likeness (QED) is 0.486. The van der Waals surface area contributed by atoms with Crippen LogP contribution in [0.4, 0.5) is 0 Å². The fourth-order valence-corrected chi connectivity index (χ4v) is 7.60. The van der Waals surface area contributed by atoms with Crippen LogP contribution in [0.5, 0.6) is 11.5 Å². The molecule has 0 unspecified atom stereocenters. The SMILES string of the molecule is CCOc1cccc2cc(S(=O)(=O)CS(=O)(=O)/C=C\c3ccc(OC)cc3)c(=O)sc12. The van der Waals surface area contributed by atoms with E-state index in [1.54, 1.807) is 49.4 Å². The van der Waals surface area contributed by atoms with Gasteiger partial charge in [0, 0.05) is 5.41 Å². The third-order valence-corrected chi connectivity index (χ3v) is 9.48. The van der Waals surface area contributed by atoms with E-state index in [1.165, 1.54) is 19.3 Å². The second-order valence-corrected chi connectivity index (χ2v) is 11.7. The van der Waals surface area contributed by atoms with Crippen molar-refractivity contribution in [2.24, 2.45) is 0 Å². The molecule has 0 aliphatic rings. The van der Waals surface area contributed by atoms with Crippen molar-refractivity contribution < 1.29 is 26.3 Å². The van der Waals surface area contributed by atoms with E-state index in [4.69, 9.17) is 9.47 Å². The van der Waals surface area contributed by atoms with Crippen molar-refractivity contribution >= 4 is 47.2 Å². The summed E-state index contributed by atoms with van der Waals surface area (Å²) in [6.07, 6.45) is 1.29. The Kier molecular flexibility index (Phi) is 6.83. The molecule has 0 aliphatic heterocycles. The molecule has 0 saturated heterocycles. The van der Waals surface area contributed by atoms with Crippen molar-refractivity contribution in [2.75, 3.05) is 18.8 Å². The molecule has 7 nitrogen and oxygen atoms in total. The fraction of sp³-hybridized carbons (Fsp3) is 0.190. The van der Waals surface area contributed by atoms with E-state index in [9.17, 15) is 21.6 Å². The standard InChI is InChI=1S/C21H20O7S3/c1-3-28-18-6-4-5-16-13-19(21(22)29-20(16)18)31(25,26)14-30(23,24)12-11-15-7-9-17(27-2)10-8-15/h4-13H,3,14H2,1-2H3/b12-11-. The lowest BCUT2D eigenvalue weighted by Crippen LogP contribution is -2.20. The van der Waals surface area contributed by atoms with Gasteiger partial charge in [0.15, 0.2) is 24.8 Å². The van der Waals surface area contributed by atoms with Gasteiger partial charge in [0.1, 0.15) is 16.4 Å². The van der Waals surface area contributed by atoms with Gasteiger partial charge in [-0.25, -0.2) is 16.8 Å². The van der Waals surface area contributed by atoms with Crippen LogP contribution in [0.25, 0.3) is 16.2 Å². The minimum absolute atomic E-state index is 0.388. The number of rotatable bonds is 8. The zero-order valence-corrected chi connectivity index (χ0v) is 19.2. The molecular formula is C21H20O7S3. The van der Waals surface area contributed by atoms with E-state index in [-0.39, 0.29) is 0 Å². The molecule has 2 aromatic carbocycles. The van der Waals surface area contributed by atoms with Gasteiger partial charge in [0.25, 0.3) is 4.74 Å². The van der Waals surface area contributed by atoms with Gasteiger partial charge in [-0.1, -0.05) is 35.6 Å². The molecule has 1 aromatic heterocycles. The minimum atomic E-state index is -4.38.